The quantitative estimate of drug-likeness (QED) is 0.473. The summed E-state index contributed by atoms with van der Waals surface area (Å²) < 4.78 is 1.91. The number of benzene rings is 1. The fraction of sp³-hybridized carbons (Fsp3) is 0.286. The Labute approximate surface area is 168 Å². The van der Waals surface area contributed by atoms with Gasteiger partial charge >= 0.3 is 0 Å². The van der Waals surface area contributed by atoms with Gasteiger partial charge in [-0.05, 0) is 48.6 Å². The number of para-hydroxylation sites is 2. The van der Waals surface area contributed by atoms with Crippen LogP contribution in [-0.2, 0) is 22.6 Å². The van der Waals surface area contributed by atoms with Gasteiger partial charge in [0.1, 0.15) is 12.4 Å². The van der Waals surface area contributed by atoms with Crippen molar-refractivity contribution >= 4 is 40.3 Å². The first-order valence-corrected chi connectivity index (χ1v) is 10.2. The molecule has 0 radical (unpaired) electrons. The van der Waals surface area contributed by atoms with Gasteiger partial charge in [0, 0.05) is 17.4 Å². The maximum Gasteiger partial charge on any atom is 0.262 e. The molecule has 0 saturated carbocycles. The normalized spacial score (nSPS) is 11.2. The number of fused-ring (bicyclic) bond motifs is 1. The van der Waals surface area contributed by atoms with Crippen LogP contribution in [0.5, 0.6) is 0 Å². The molecular weight excluding hydrogens is 372 g/mol. The summed E-state index contributed by atoms with van der Waals surface area (Å²) in [6, 6.07) is 9.76. The van der Waals surface area contributed by atoms with Crippen molar-refractivity contribution in [3.8, 4) is 0 Å². The SMILES string of the molecule is CCCCc1nc2ccccc2n1CC(=O)NNC(=O)/C=C/c1sccc1C. The zero-order chi connectivity index (χ0) is 19.9. The molecule has 3 aromatic rings. The van der Waals surface area contributed by atoms with Crippen LogP contribution < -0.4 is 10.9 Å². The van der Waals surface area contributed by atoms with Gasteiger partial charge < -0.3 is 4.57 Å². The smallest absolute Gasteiger partial charge is 0.262 e. The number of carbonyl (C=O) groups is 2. The molecule has 6 nitrogen and oxygen atoms in total. The van der Waals surface area contributed by atoms with Crippen molar-refractivity contribution in [3.63, 3.8) is 0 Å². The molecule has 2 amide bonds. The molecule has 0 fully saturated rings. The molecule has 3 rings (SSSR count). The Kier molecular flexibility index (Phi) is 6.60. The standard InChI is InChI=1S/C21H24N4O2S/c1-3-4-9-19-22-16-7-5-6-8-17(16)25(19)14-21(27)24-23-20(26)11-10-18-15(2)12-13-28-18/h5-8,10-13H,3-4,9,14H2,1-2H3,(H,23,26)(H,24,27)/b11-10+. The van der Waals surface area contributed by atoms with E-state index in [-0.39, 0.29) is 18.4 Å². The zero-order valence-corrected chi connectivity index (χ0v) is 16.9. The second kappa shape index (κ2) is 9.32. The Morgan fingerprint density at radius 2 is 2.04 bits per heavy atom. The van der Waals surface area contributed by atoms with E-state index in [9.17, 15) is 9.59 Å². The van der Waals surface area contributed by atoms with Crippen molar-refractivity contribution < 1.29 is 9.59 Å². The number of aryl methyl sites for hydroxylation is 2. The van der Waals surface area contributed by atoms with Gasteiger partial charge in [0.25, 0.3) is 11.8 Å². The molecule has 0 atom stereocenters. The molecule has 2 aromatic heterocycles. The van der Waals surface area contributed by atoms with E-state index in [0.29, 0.717) is 0 Å². The summed E-state index contributed by atoms with van der Waals surface area (Å²) in [5.41, 5.74) is 7.82. The van der Waals surface area contributed by atoms with Gasteiger partial charge in [0.05, 0.1) is 11.0 Å². The fourth-order valence-electron chi connectivity index (χ4n) is 2.89. The molecule has 0 spiro atoms. The van der Waals surface area contributed by atoms with Crippen molar-refractivity contribution in [2.24, 2.45) is 0 Å². The molecule has 0 aliphatic heterocycles. The highest BCUT2D eigenvalue weighted by molar-refractivity contribution is 7.11. The molecule has 0 aliphatic carbocycles. The number of thiophene rings is 1. The number of nitrogens with one attached hydrogen (secondary N) is 2. The lowest BCUT2D eigenvalue weighted by atomic mass is 10.2. The van der Waals surface area contributed by atoms with Crippen LogP contribution in [0.3, 0.4) is 0 Å². The van der Waals surface area contributed by atoms with E-state index < -0.39 is 0 Å². The Balaban J connectivity index is 1.62. The van der Waals surface area contributed by atoms with Crippen molar-refractivity contribution in [2.75, 3.05) is 0 Å². The third-order valence-electron chi connectivity index (χ3n) is 4.40. The number of aromatic nitrogens is 2. The van der Waals surface area contributed by atoms with E-state index in [4.69, 9.17) is 0 Å². The molecule has 146 valence electrons. The largest absolute Gasteiger partial charge is 0.318 e. The molecule has 28 heavy (non-hydrogen) atoms. The summed E-state index contributed by atoms with van der Waals surface area (Å²) >= 11 is 1.56. The first-order valence-electron chi connectivity index (χ1n) is 9.33. The van der Waals surface area contributed by atoms with Gasteiger partial charge in [-0.25, -0.2) is 4.98 Å². The number of unbranched alkanes of at least 4 members (excludes halogenated alkanes) is 1. The number of hydrazine groups is 1. The van der Waals surface area contributed by atoms with Crippen LogP contribution in [0.15, 0.2) is 41.8 Å². The molecule has 1 aromatic carbocycles. The maximum atomic E-state index is 12.4. The lowest BCUT2D eigenvalue weighted by Crippen LogP contribution is -2.42. The second-order valence-electron chi connectivity index (χ2n) is 6.55. The predicted octanol–water partition coefficient (Wildman–Crippen LogP) is 3.61. The molecule has 0 bridgehead atoms. The van der Waals surface area contributed by atoms with Gasteiger partial charge in [-0.3, -0.25) is 20.4 Å². The van der Waals surface area contributed by atoms with E-state index in [1.807, 2.05) is 47.2 Å². The molecule has 0 saturated heterocycles. The second-order valence-corrected chi connectivity index (χ2v) is 7.49. The van der Waals surface area contributed by atoms with Gasteiger partial charge in [-0.2, -0.15) is 0 Å². The Hall–Kier alpha value is -2.93. The number of nitrogens with zero attached hydrogens (tertiary/aromatic N) is 2. The Morgan fingerprint density at radius 3 is 2.79 bits per heavy atom. The molecule has 0 aliphatic rings. The fourth-order valence-corrected chi connectivity index (χ4v) is 3.71. The monoisotopic (exact) mass is 396 g/mol. The summed E-state index contributed by atoms with van der Waals surface area (Å²) in [5.74, 6) is 0.218. The van der Waals surface area contributed by atoms with Crippen molar-refractivity contribution in [3.05, 3.63) is 58.1 Å². The van der Waals surface area contributed by atoms with Gasteiger partial charge in [-0.1, -0.05) is 25.5 Å². The van der Waals surface area contributed by atoms with Gasteiger partial charge in [0.2, 0.25) is 0 Å². The minimum atomic E-state index is -0.372. The van der Waals surface area contributed by atoms with Crippen LogP contribution in [0.4, 0.5) is 0 Å². The van der Waals surface area contributed by atoms with E-state index in [1.54, 1.807) is 17.4 Å². The molecule has 0 unspecified atom stereocenters. The molecular formula is C21H24N4O2S. The highest BCUT2D eigenvalue weighted by Gasteiger charge is 2.13. The van der Waals surface area contributed by atoms with Crippen molar-refractivity contribution in [2.45, 2.75) is 39.7 Å². The molecule has 7 heteroatoms. The van der Waals surface area contributed by atoms with Crippen LogP contribution in [0.2, 0.25) is 0 Å². The minimum absolute atomic E-state index is 0.105. The van der Waals surface area contributed by atoms with E-state index in [0.717, 1.165) is 46.6 Å². The molecule has 2 heterocycles. The number of carbonyl (C=O) groups excluding carboxylic acids is 2. The topological polar surface area (TPSA) is 76.0 Å². The highest BCUT2D eigenvalue weighted by Crippen LogP contribution is 2.18. The Morgan fingerprint density at radius 1 is 1.21 bits per heavy atom. The van der Waals surface area contributed by atoms with Gasteiger partial charge in [0.15, 0.2) is 0 Å². The number of imidazole rings is 1. The summed E-state index contributed by atoms with van der Waals surface area (Å²) in [4.78, 5) is 30.0. The third-order valence-corrected chi connectivity index (χ3v) is 5.39. The third kappa shape index (κ3) is 4.86. The predicted molar refractivity (Wildman–Crippen MR) is 113 cm³/mol. The number of hydrogen-bond donors (Lipinski definition) is 2. The highest BCUT2D eigenvalue weighted by atomic mass is 32.1. The van der Waals surface area contributed by atoms with Crippen LogP contribution >= 0.6 is 11.3 Å². The van der Waals surface area contributed by atoms with Crippen molar-refractivity contribution in [1.29, 1.82) is 0 Å². The minimum Gasteiger partial charge on any atom is -0.318 e. The first kappa shape index (κ1) is 19.8. The summed E-state index contributed by atoms with van der Waals surface area (Å²) in [6.07, 6.45) is 6.04. The van der Waals surface area contributed by atoms with Crippen LogP contribution in [0.1, 0.15) is 36.0 Å². The lowest BCUT2D eigenvalue weighted by molar-refractivity contribution is -0.127. The van der Waals surface area contributed by atoms with Crippen LogP contribution in [0, 0.1) is 6.92 Å². The van der Waals surface area contributed by atoms with Crippen LogP contribution in [-0.4, -0.2) is 21.4 Å². The number of amides is 2. The van der Waals surface area contributed by atoms with E-state index in [1.165, 1.54) is 6.08 Å². The number of hydrogen-bond acceptors (Lipinski definition) is 4. The summed E-state index contributed by atoms with van der Waals surface area (Å²) in [6.45, 7) is 4.22. The number of rotatable bonds is 7. The van der Waals surface area contributed by atoms with Gasteiger partial charge in [-0.15, -0.1) is 11.3 Å². The first-order chi connectivity index (χ1) is 13.6. The zero-order valence-electron chi connectivity index (χ0n) is 16.1. The van der Waals surface area contributed by atoms with Crippen molar-refractivity contribution in [1.82, 2.24) is 20.4 Å². The van der Waals surface area contributed by atoms with Crippen LogP contribution in [0.25, 0.3) is 17.1 Å². The summed E-state index contributed by atoms with van der Waals surface area (Å²) in [5, 5.41) is 1.97. The lowest BCUT2D eigenvalue weighted by Gasteiger charge is -2.10. The Bertz CT molecular complexity index is 1000. The molecule has 2 N–H and O–H groups in total. The average molecular weight is 397 g/mol. The van der Waals surface area contributed by atoms with E-state index in [2.05, 4.69) is 22.8 Å². The average Bonchev–Trinajstić information content (AvgIpc) is 3.26. The van der Waals surface area contributed by atoms with E-state index >= 15 is 0 Å². The summed E-state index contributed by atoms with van der Waals surface area (Å²) in [7, 11) is 0. The maximum absolute atomic E-state index is 12.4.